The van der Waals surface area contributed by atoms with Gasteiger partial charge in [-0.25, -0.2) is 4.39 Å². The summed E-state index contributed by atoms with van der Waals surface area (Å²) in [5.41, 5.74) is 1.01. The molecule has 0 saturated heterocycles. The van der Waals surface area contributed by atoms with Gasteiger partial charge in [-0.3, -0.25) is 4.79 Å². The van der Waals surface area contributed by atoms with E-state index in [0.717, 1.165) is 11.6 Å². The van der Waals surface area contributed by atoms with Crippen LogP contribution in [0.1, 0.15) is 35.4 Å². The average Bonchev–Trinajstić information content (AvgIpc) is 2.55. The van der Waals surface area contributed by atoms with Gasteiger partial charge in [0, 0.05) is 11.6 Å². The summed E-state index contributed by atoms with van der Waals surface area (Å²) < 4.78 is 18.5. The molecule has 0 radical (unpaired) electrons. The molecule has 0 aliphatic heterocycles. The topological polar surface area (TPSA) is 58.6 Å². The highest BCUT2D eigenvalue weighted by Crippen LogP contribution is 2.19. The average molecular weight is 317 g/mol. The van der Waals surface area contributed by atoms with Crippen molar-refractivity contribution in [2.75, 3.05) is 7.11 Å². The van der Waals surface area contributed by atoms with Gasteiger partial charge < -0.3 is 15.2 Å². The third-order valence-electron chi connectivity index (χ3n) is 3.55. The highest BCUT2D eigenvalue weighted by atomic mass is 19.1. The van der Waals surface area contributed by atoms with Gasteiger partial charge in [0.25, 0.3) is 5.91 Å². The van der Waals surface area contributed by atoms with Crippen molar-refractivity contribution in [3.8, 4) is 5.75 Å². The van der Waals surface area contributed by atoms with Crippen LogP contribution in [-0.4, -0.2) is 24.2 Å². The number of methoxy groups -OCH3 is 1. The van der Waals surface area contributed by atoms with Crippen LogP contribution in [0.5, 0.6) is 5.75 Å². The van der Waals surface area contributed by atoms with Crippen molar-refractivity contribution in [2.24, 2.45) is 0 Å². The van der Waals surface area contributed by atoms with Crippen molar-refractivity contribution in [3.05, 3.63) is 65.5 Å². The highest BCUT2D eigenvalue weighted by Gasteiger charge is 2.16. The maximum absolute atomic E-state index is 13.6. The lowest BCUT2D eigenvalue weighted by molar-refractivity contribution is 0.0916. The maximum atomic E-state index is 13.6. The Labute approximate surface area is 134 Å². The summed E-state index contributed by atoms with van der Waals surface area (Å²) in [7, 11) is 1.37. The predicted octanol–water partition coefficient (Wildman–Crippen LogP) is 3.08. The van der Waals surface area contributed by atoms with E-state index in [1.807, 2.05) is 30.3 Å². The molecule has 2 atom stereocenters. The summed E-state index contributed by atoms with van der Waals surface area (Å²) in [5, 5.41) is 12.9. The number of aliphatic hydroxyl groups excluding tert-OH is 1. The molecule has 23 heavy (non-hydrogen) atoms. The zero-order chi connectivity index (χ0) is 16.8. The van der Waals surface area contributed by atoms with Gasteiger partial charge in [0.15, 0.2) is 11.6 Å². The van der Waals surface area contributed by atoms with Crippen molar-refractivity contribution in [3.63, 3.8) is 0 Å². The molecule has 0 bridgehead atoms. The second-order valence-corrected chi connectivity index (χ2v) is 5.39. The Morgan fingerprint density at radius 2 is 1.96 bits per heavy atom. The Morgan fingerprint density at radius 1 is 1.26 bits per heavy atom. The minimum absolute atomic E-state index is 0.0918. The summed E-state index contributed by atoms with van der Waals surface area (Å²) in [6.45, 7) is 1.80. The first-order chi connectivity index (χ1) is 11.0. The minimum atomic E-state index is -0.667. The first-order valence-electron chi connectivity index (χ1n) is 7.38. The summed E-state index contributed by atoms with van der Waals surface area (Å²) in [6.07, 6.45) is -0.298. The number of nitrogens with one attached hydrogen (secondary N) is 1. The van der Waals surface area contributed by atoms with Crippen molar-refractivity contribution in [1.82, 2.24) is 5.32 Å². The number of aliphatic hydroxyl groups is 1. The SMILES string of the molecule is COc1ccc(C(=O)NC(C)CC(O)c2ccccc2)cc1F. The van der Waals surface area contributed by atoms with Crippen LogP contribution in [0.2, 0.25) is 0 Å². The molecule has 0 heterocycles. The molecular weight excluding hydrogens is 297 g/mol. The maximum Gasteiger partial charge on any atom is 0.251 e. The first kappa shape index (κ1) is 17.0. The molecule has 0 saturated carbocycles. The number of carbonyl (C=O) groups excluding carboxylic acids is 1. The van der Waals surface area contributed by atoms with E-state index in [0.29, 0.717) is 6.42 Å². The number of benzene rings is 2. The minimum Gasteiger partial charge on any atom is -0.494 e. The van der Waals surface area contributed by atoms with Gasteiger partial charge in [0.05, 0.1) is 13.2 Å². The molecule has 0 spiro atoms. The summed E-state index contributed by atoms with van der Waals surface area (Å²) >= 11 is 0. The number of hydrogen-bond acceptors (Lipinski definition) is 3. The summed E-state index contributed by atoms with van der Waals surface area (Å²) in [5.74, 6) is -0.884. The molecule has 0 aliphatic rings. The monoisotopic (exact) mass is 317 g/mol. The molecule has 0 aromatic heterocycles. The Bertz CT molecular complexity index is 661. The molecule has 0 fully saturated rings. The number of halogens is 1. The van der Waals surface area contributed by atoms with E-state index in [2.05, 4.69) is 5.32 Å². The smallest absolute Gasteiger partial charge is 0.251 e. The number of ether oxygens (including phenoxy) is 1. The fourth-order valence-corrected chi connectivity index (χ4v) is 2.32. The van der Waals surface area contributed by atoms with Gasteiger partial charge in [-0.2, -0.15) is 0 Å². The Hall–Kier alpha value is -2.40. The van der Waals surface area contributed by atoms with Crippen LogP contribution in [0, 0.1) is 5.82 Å². The van der Waals surface area contributed by atoms with Crippen LogP contribution in [0.4, 0.5) is 4.39 Å². The second-order valence-electron chi connectivity index (χ2n) is 5.39. The first-order valence-corrected chi connectivity index (χ1v) is 7.38. The number of carbonyl (C=O) groups is 1. The van der Waals surface area contributed by atoms with Crippen molar-refractivity contribution < 1.29 is 19.0 Å². The zero-order valence-corrected chi connectivity index (χ0v) is 13.1. The molecule has 2 aromatic carbocycles. The predicted molar refractivity (Wildman–Crippen MR) is 85.9 cm³/mol. The summed E-state index contributed by atoms with van der Waals surface area (Å²) in [4.78, 5) is 12.1. The molecule has 2 rings (SSSR count). The van der Waals surface area contributed by atoms with Gasteiger partial charge >= 0.3 is 0 Å². The van der Waals surface area contributed by atoms with E-state index in [4.69, 9.17) is 4.74 Å². The molecule has 2 aromatic rings. The van der Waals surface area contributed by atoms with Gasteiger partial charge in [0.2, 0.25) is 0 Å². The van der Waals surface area contributed by atoms with Crippen LogP contribution in [0.25, 0.3) is 0 Å². The van der Waals surface area contributed by atoms with Crippen molar-refractivity contribution in [1.29, 1.82) is 0 Å². The molecule has 1 amide bonds. The van der Waals surface area contributed by atoms with Crippen LogP contribution in [-0.2, 0) is 0 Å². The van der Waals surface area contributed by atoms with E-state index in [-0.39, 0.29) is 23.3 Å². The second kappa shape index (κ2) is 7.74. The van der Waals surface area contributed by atoms with E-state index in [1.165, 1.54) is 19.2 Å². The highest BCUT2D eigenvalue weighted by molar-refractivity contribution is 5.94. The van der Waals surface area contributed by atoms with Crippen molar-refractivity contribution >= 4 is 5.91 Å². The lowest BCUT2D eigenvalue weighted by atomic mass is 10.0. The van der Waals surface area contributed by atoms with E-state index < -0.39 is 11.9 Å². The Kier molecular flexibility index (Phi) is 5.71. The standard InChI is InChI=1S/C18H20FNO3/c1-12(10-16(21)13-6-4-3-5-7-13)20-18(22)14-8-9-17(23-2)15(19)11-14/h3-9,11-12,16,21H,10H2,1-2H3,(H,20,22). The van der Waals surface area contributed by atoms with Crippen LogP contribution < -0.4 is 10.1 Å². The molecule has 2 unspecified atom stereocenters. The van der Waals surface area contributed by atoms with Gasteiger partial charge in [0.1, 0.15) is 0 Å². The van der Waals surface area contributed by atoms with Crippen LogP contribution in [0.15, 0.2) is 48.5 Å². The molecular formula is C18H20FNO3. The largest absolute Gasteiger partial charge is 0.494 e. The lowest BCUT2D eigenvalue weighted by Crippen LogP contribution is -2.33. The van der Waals surface area contributed by atoms with Gasteiger partial charge in [-0.15, -0.1) is 0 Å². The molecule has 0 aliphatic carbocycles. The van der Waals surface area contributed by atoms with Gasteiger partial charge in [-0.05, 0) is 37.1 Å². The van der Waals surface area contributed by atoms with Crippen molar-refractivity contribution in [2.45, 2.75) is 25.5 Å². The molecule has 5 heteroatoms. The fraction of sp³-hybridized carbons (Fsp3) is 0.278. The molecule has 122 valence electrons. The van der Waals surface area contributed by atoms with Crippen LogP contribution in [0.3, 0.4) is 0 Å². The number of rotatable bonds is 6. The third-order valence-corrected chi connectivity index (χ3v) is 3.55. The fourth-order valence-electron chi connectivity index (χ4n) is 2.32. The molecule has 2 N–H and O–H groups in total. The lowest BCUT2D eigenvalue weighted by Gasteiger charge is -2.18. The van der Waals surface area contributed by atoms with E-state index in [9.17, 15) is 14.3 Å². The third kappa shape index (κ3) is 4.53. The zero-order valence-electron chi connectivity index (χ0n) is 13.1. The van der Waals surface area contributed by atoms with Gasteiger partial charge in [-0.1, -0.05) is 30.3 Å². The summed E-state index contributed by atoms with van der Waals surface area (Å²) in [6, 6.07) is 13.0. The number of amides is 1. The Balaban J connectivity index is 1.95. The van der Waals surface area contributed by atoms with Crippen LogP contribution >= 0.6 is 0 Å². The quantitative estimate of drug-likeness (QED) is 0.861. The number of hydrogen-bond donors (Lipinski definition) is 2. The van der Waals surface area contributed by atoms with E-state index in [1.54, 1.807) is 6.92 Å². The van der Waals surface area contributed by atoms with E-state index >= 15 is 0 Å². The Morgan fingerprint density at radius 3 is 2.57 bits per heavy atom. The molecule has 4 nitrogen and oxygen atoms in total. The normalized spacial score (nSPS) is 13.2.